The Labute approximate surface area is 124 Å². The third-order valence-corrected chi connectivity index (χ3v) is 4.75. The zero-order valence-corrected chi connectivity index (χ0v) is 12.7. The van der Waals surface area contributed by atoms with Gasteiger partial charge >= 0.3 is 0 Å². The summed E-state index contributed by atoms with van der Waals surface area (Å²) < 4.78 is 5.68. The number of hydrogen-bond donors (Lipinski definition) is 0. The summed E-state index contributed by atoms with van der Waals surface area (Å²) in [4.78, 5) is 12.6. The molecule has 1 fully saturated rings. The molecule has 0 aliphatic heterocycles. The van der Waals surface area contributed by atoms with Gasteiger partial charge in [0.05, 0.1) is 5.02 Å². The fourth-order valence-corrected chi connectivity index (χ4v) is 3.23. The summed E-state index contributed by atoms with van der Waals surface area (Å²) in [5.74, 6) is 0.688. The molecule has 0 unspecified atom stereocenters. The number of furan rings is 1. The Bertz CT molecular complexity index is 644. The third kappa shape index (κ3) is 2.49. The van der Waals surface area contributed by atoms with Gasteiger partial charge in [0.2, 0.25) is 5.78 Å². The van der Waals surface area contributed by atoms with Gasteiger partial charge in [0.15, 0.2) is 11.3 Å². The van der Waals surface area contributed by atoms with Gasteiger partial charge in [0.25, 0.3) is 0 Å². The largest absolute Gasteiger partial charge is 0.451 e. The van der Waals surface area contributed by atoms with Crippen molar-refractivity contribution in [2.24, 2.45) is 11.3 Å². The molecule has 0 N–H and O–H groups in total. The Morgan fingerprint density at radius 3 is 2.65 bits per heavy atom. The van der Waals surface area contributed by atoms with Crippen molar-refractivity contribution >= 4 is 28.4 Å². The number of halogens is 1. The average Bonchev–Trinajstić information content (AvgIpc) is 2.83. The second-order valence-electron chi connectivity index (χ2n) is 6.57. The van der Waals surface area contributed by atoms with Crippen molar-refractivity contribution in [3.8, 4) is 0 Å². The van der Waals surface area contributed by atoms with Gasteiger partial charge in [-0.15, -0.1) is 0 Å². The van der Waals surface area contributed by atoms with E-state index in [0.717, 1.165) is 31.1 Å². The monoisotopic (exact) mass is 290 g/mol. The molecule has 20 heavy (non-hydrogen) atoms. The van der Waals surface area contributed by atoms with Crippen LogP contribution in [0.25, 0.3) is 11.0 Å². The Kier molecular flexibility index (Phi) is 3.37. The number of rotatable bonds is 2. The van der Waals surface area contributed by atoms with E-state index in [9.17, 15) is 4.79 Å². The topological polar surface area (TPSA) is 30.2 Å². The SMILES string of the molecule is CC1(C)CCC(C(=O)c2cc3cccc(Cl)c3o2)CC1. The van der Waals surface area contributed by atoms with Gasteiger partial charge in [-0.2, -0.15) is 0 Å². The summed E-state index contributed by atoms with van der Waals surface area (Å²) >= 11 is 6.09. The number of hydrogen-bond acceptors (Lipinski definition) is 2. The molecule has 1 saturated carbocycles. The zero-order valence-electron chi connectivity index (χ0n) is 11.9. The summed E-state index contributed by atoms with van der Waals surface area (Å²) in [6.07, 6.45) is 4.11. The van der Waals surface area contributed by atoms with E-state index in [1.807, 2.05) is 18.2 Å². The number of para-hydroxylation sites is 1. The first kappa shape index (κ1) is 13.7. The minimum atomic E-state index is 0.0994. The Morgan fingerprint density at radius 2 is 2.00 bits per heavy atom. The quantitative estimate of drug-likeness (QED) is 0.685. The molecule has 0 radical (unpaired) electrons. The van der Waals surface area contributed by atoms with Crippen LogP contribution >= 0.6 is 11.6 Å². The minimum Gasteiger partial charge on any atom is -0.451 e. The van der Waals surface area contributed by atoms with E-state index in [1.54, 1.807) is 6.07 Å². The lowest BCUT2D eigenvalue weighted by Crippen LogP contribution is -2.26. The molecule has 1 heterocycles. The number of fused-ring (bicyclic) bond motifs is 1. The highest BCUT2D eigenvalue weighted by Gasteiger charge is 2.32. The lowest BCUT2D eigenvalue weighted by atomic mass is 9.72. The van der Waals surface area contributed by atoms with Crippen molar-refractivity contribution in [1.29, 1.82) is 0 Å². The second kappa shape index (κ2) is 4.92. The third-order valence-electron chi connectivity index (χ3n) is 4.45. The van der Waals surface area contributed by atoms with Crippen LogP contribution in [0.5, 0.6) is 0 Å². The van der Waals surface area contributed by atoms with Crippen LogP contribution in [0.1, 0.15) is 50.1 Å². The van der Waals surface area contributed by atoms with E-state index in [-0.39, 0.29) is 11.7 Å². The summed E-state index contributed by atoms with van der Waals surface area (Å²) in [5.41, 5.74) is 0.988. The molecule has 0 spiro atoms. The maximum absolute atomic E-state index is 12.6. The highest BCUT2D eigenvalue weighted by atomic mass is 35.5. The van der Waals surface area contributed by atoms with Crippen LogP contribution in [-0.4, -0.2) is 5.78 Å². The highest BCUT2D eigenvalue weighted by Crippen LogP contribution is 2.39. The lowest BCUT2D eigenvalue weighted by molar-refractivity contribution is 0.0811. The lowest BCUT2D eigenvalue weighted by Gasteiger charge is -2.33. The van der Waals surface area contributed by atoms with E-state index < -0.39 is 0 Å². The van der Waals surface area contributed by atoms with Gasteiger partial charge in [-0.1, -0.05) is 37.6 Å². The molecule has 1 aromatic carbocycles. The van der Waals surface area contributed by atoms with Crippen LogP contribution < -0.4 is 0 Å². The van der Waals surface area contributed by atoms with Crippen molar-refractivity contribution in [2.45, 2.75) is 39.5 Å². The maximum Gasteiger partial charge on any atom is 0.201 e. The zero-order chi connectivity index (χ0) is 14.3. The molecule has 0 amide bonds. The molecule has 1 aliphatic rings. The van der Waals surface area contributed by atoms with Crippen LogP contribution in [0.4, 0.5) is 0 Å². The standard InChI is InChI=1S/C17H19ClO2/c1-17(2)8-6-11(7-9-17)15(19)14-10-12-4-3-5-13(18)16(12)20-14/h3-5,10-11H,6-9H2,1-2H3. The molecule has 2 nitrogen and oxygen atoms in total. The summed E-state index contributed by atoms with van der Waals surface area (Å²) in [7, 11) is 0. The number of benzene rings is 1. The van der Waals surface area contributed by atoms with E-state index >= 15 is 0 Å². The van der Waals surface area contributed by atoms with Crippen LogP contribution in [0.2, 0.25) is 5.02 Å². The molecule has 2 aromatic rings. The molecule has 1 aromatic heterocycles. The number of Topliss-reactive ketones (excluding diaryl/α,β-unsaturated/α-hetero) is 1. The van der Waals surface area contributed by atoms with E-state index in [2.05, 4.69) is 13.8 Å². The molecular weight excluding hydrogens is 272 g/mol. The minimum absolute atomic E-state index is 0.0994. The smallest absolute Gasteiger partial charge is 0.201 e. The van der Waals surface area contributed by atoms with Crippen molar-refractivity contribution in [2.75, 3.05) is 0 Å². The van der Waals surface area contributed by atoms with Crippen molar-refractivity contribution in [3.05, 3.63) is 35.0 Å². The van der Waals surface area contributed by atoms with Gasteiger partial charge < -0.3 is 4.42 Å². The van der Waals surface area contributed by atoms with Gasteiger partial charge in [0.1, 0.15) is 0 Å². The van der Waals surface area contributed by atoms with Crippen LogP contribution in [-0.2, 0) is 0 Å². The summed E-state index contributed by atoms with van der Waals surface area (Å²) in [6.45, 7) is 4.54. The summed E-state index contributed by atoms with van der Waals surface area (Å²) in [6, 6.07) is 7.40. The predicted molar refractivity (Wildman–Crippen MR) is 81.3 cm³/mol. The van der Waals surface area contributed by atoms with E-state index in [4.69, 9.17) is 16.0 Å². The Hall–Kier alpha value is -1.28. The van der Waals surface area contributed by atoms with E-state index in [1.165, 1.54) is 0 Å². The van der Waals surface area contributed by atoms with E-state index in [0.29, 0.717) is 21.8 Å². The summed E-state index contributed by atoms with van der Waals surface area (Å²) in [5, 5.41) is 1.46. The Morgan fingerprint density at radius 1 is 1.30 bits per heavy atom. The molecule has 0 atom stereocenters. The fourth-order valence-electron chi connectivity index (χ4n) is 3.01. The van der Waals surface area contributed by atoms with Crippen LogP contribution in [0.15, 0.2) is 28.7 Å². The average molecular weight is 291 g/mol. The first-order valence-corrected chi connectivity index (χ1v) is 7.56. The second-order valence-corrected chi connectivity index (χ2v) is 6.98. The van der Waals surface area contributed by atoms with Crippen molar-refractivity contribution in [3.63, 3.8) is 0 Å². The molecule has 0 bridgehead atoms. The fraction of sp³-hybridized carbons (Fsp3) is 0.471. The molecular formula is C17H19ClO2. The first-order chi connectivity index (χ1) is 9.46. The normalized spacial score (nSPS) is 19.4. The van der Waals surface area contributed by atoms with Crippen molar-refractivity contribution in [1.82, 2.24) is 0 Å². The highest BCUT2D eigenvalue weighted by molar-refractivity contribution is 6.34. The molecule has 3 rings (SSSR count). The maximum atomic E-state index is 12.6. The molecule has 106 valence electrons. The first-order valence-electron chi connectivity index (χ1n) is 7.19. The molecule has 3 heteroatoms. The van der Waals surface area contributed by atoms with Gasteiger partial charge in [-0.25, -0.2) is 0 Å². The number of ketones is 1. The van der Waals surface area contributed by atoms with Crippen LogP contribution in [0, 0.1) is 11.3 Å². The molecule has 0 saturated heterocycles. The van der Waals surface area contributed by atoms with Crippen LogP contribution in [0.3, 0.4) is 0 Å². The predicted octanol–water partition coefficient (Wildman–Crippen LogP) is 5.49. The van der Waals surface area contributed by atoms with Crippen molar-refractivity contribution < 1.29 is 9.21 Å². The number of carbonyl (C=O) groups is 1. The van der Waals surface area contributed by atoms with Gasteiger partial charge in [-0.3, -0.25) is 4.79 Å². The number of carbonyl (C=O) groups excluding carboxylic acids is 1. The van der Waals surface area contributed by atoms with Gasteiger partial charge in [0, 0.05) is 11.3 Å². The molecule has 1 aliphatic carbocycles. The Balaban J connectivity index is 1.84. The van der Waals surface area contributed by atoms with Gasteiger partial charge in [-0.05, 0) is 43.2 Å².